The Bertz CT molecular complexity index is 820. The van der Waals surface area contributed by atoms with E-state index in [2.05, 4.69) is 20.9 Å². The number of aliphatic imine (C=N–C) groups is 1. The zero-order valence-corrected chi connectivity index (χ0v) is 19.4. The van der Waals surface area contributed by atoms with Gasteiger partial charge in [0.15, 0.2) is 5.96 Å². The van der Waals surface area contributed by atoms with Crippen molar-refractivity contribution >= 4 is 47.2 Å². The van der Waals surface area contributed by atoms with Gasteiger partial charge < -0.3 is 25.4 Å². The lowest BCUT2D eigenvalue weighted by Gasteiger charge is -2.13. The molecule has 1 amide bonds. The normalized spacial score (nSPS) is 10.7. The third kappa shape index (κ3) is 9.88. The van der Waals surface area contributed by atoms with E-state index in [-0.39, 0.29) is 36.4 Å². The van der Waals surface area contributed by atoms with E-state index in [1.165, 1.54) is 18.2 Å². The molecule has 7 nitrogen and oxygen atoms in total. The summed E-state index contributed by atoms with van der Waals surface area (Å²) in [7, 11) is 1.66. The Labute approximate surface area is 193 Å². The molecule has 0 atom stereocenters. The van der Waals surface area contributed by atoms with E-state index < -0.39 is 5.82 Å². The minimum Gasteiger partial charge on any atom is -0.493 e. The molecule has 0 spiro atoms. The second-order valence-electron chi connectivity index (χ2n) is 6.10. The molecule has 2 aromatic rings. The maximum absolute atomic E-state index is 13.2. The summed E-state index contributed by atoms with van der Waals surface area (Å²) in [6, 6.07) is 13.2. The summed E-state index contributed by atoms with van der Waals surface area (Å²) in [4.78, 5) is 16.4. The molecule has 0 aromatic heterocycles. The summed E-state index contributed by atoms with van der Waals surface area (Å²) >= 11 is 0. The summed E-state index contributed by atoms with van der Waals surface area (Å²) in [6.07, 6.45) is 0.804. The van der Waals surface area contributed by atoms with Gasteiger partial charge in [-0.15, -0.1) is 24.0 Å². The highest BCUT2D eigenvalue weighted by Gasteiger charge is 2.05. The molecule has 0 aliphatic carbocycles. The van der Waals surface area contributed by atoms with Crippen molar-refractivity contribution in [3.8, 4) is 5.75 Å². The van der Waals surface area contributed by atoms with Crippen LogP contribution in [-0.2, 0) is 9.53 Å². The summed E-state index contributed by atoms with van der Waals surface area (Å²) in [5.41, 5.74) is 1.17. The number of guanidine groups is 1. The van der Waals surface area contributed by atoms with E-state index in [1.54, 1.807) is 13.2 Å². The fourth-order valence-electron chi connectivity index (χ4n) is 2.42. The number of benzene rings is 2. The second-order valence-corrected chi connectivity index (χ2v) is 6.10. The topological polar surface area (TPSA) is 84.0 Å². The van der Waals surface area contributed by atoms with Gasteiger partial charge in [-0.3, -0.25) is 4.79 Å². The van der Waals surface area contributed by atoms with Crippen LogP contribution in [0.4, 0.5) is 15.8 Å². The molecular formula is C21H28FIN4O3. The number of nitrogens with one attached hydrogen (secondary N) is 3. The van der Waals surface area contributed by atoms with Gasteiger partial charge in [0, 0.05) is 44.1 Å². The number of halogens is 2. The Kier molecular flexibility index (Phi) is 12.4. The van der Waals surface area contributed by atoms with E-state index in [0.717, 1.165) is 17.9 Å². The molecule has 2 aromatic carbocycles. The van der Waals surface area contributed by atoms with Crippen LogP contribution < -0.4 is 20.7 Å². The predicted molar refractivity (Wildman–Crippen MR) is 128 cm³/mol. The van der Waals surface area contributed by atoms with Gasteiger partial charge in [-0.1, -0.05) is 12.1 Å². The van der Waals surface area contributed by atoms with Gasteiger partial charge in [-0.2, -0.15) is 0 Å². The Hall–Kier alpha value is -2.40. The molecule has 2 rings (SSSR count). The van der Waals surface area contributed by atoms with Crippen LogP contribution in [0.2, 0.25) is 0 Å². The van der Waals surface area contributed by atoms with Gasteiger partial charge in [0.25, 0.3) is 0 Å². The summed E-state index contributed by atoms with van der Waals surface area (Å²) in [6.45, 7) is 3.65. The zero-order chi connectivity index (χ0) is 20.9. The van der Waals surface area contributed by atoms with Crippen LogP contribution in [0.15, 0.2) is 53.5 Å². The number of hydrogen-bond acceptors (Lipinski definition) is 4. The molecule has 3 N–H and O–H groups in total. The third-order valence-corrected chi connectivity index (χ3v) is 3.69. The molecular weight excluding hydrogens is 502 g/mol. The fraction of sp³-hybridized carbons (Fsp3) is 0.333. The van der Waals surface area contributed by atoms with E-state index in [1.807, 2.05) is 31.2 Å². The Morgan fingerprint density at radius 2 is 1.80 bits per heavy atom. The van der Waals surface area contributed by atoms with Gasteiger partial charge in [-0.05, 0) is 37.3 Å². The average Bonchev–Trinajstić information content (AvgIpc) is 2.70. The lowest BCUT2D eigenvalue weighted by molar-refractivity contribution is -0.114. The number of anilines is 2. The molecule has 0 fully saturated rings. The Morgan fingerprint density at radius 3 is 2.50 bits per heavy atom. The Morgan fingerprint density at radius 1 is 1.07 bits per heavy atom. The van der Waals surface area contributed by atoms with Crippen molar-refractivity contribution in [1.82, 2.24) is 5.32 Å². The summed E-state index contributed by atoms with van der Waals surface area (Å²) in [5.74, 6) is 0.429. The van der Waals surface area contributed by atoms with E-state index in [4.69, 9.17) is 9.47 Å². The molecule has 0 saturated heterocycles. The first kappa shape index (κ1) is 25.6. The van der Waals surface area contributed by atoms with Gasteiger partial charge in [0.05, 0.1) is 6.61 Å². The first-order valence-electron chi connectivity index (χ1n) is 9.43. The number of carbonyl (C=O) groups is 1. The van der Waals surface area contributed by atoms with Gasteiger partial charge in [0.2, 0.25) is 5.91 Å². The maximum atomic E-state index is 13.2. The molecule has 0 aliphatic heterocycles. The number of rotatable bonds is 10. The molecule has 0 saturated carbocycles. The van der Waals surface area contributed by atoms with Gasteiger partial charge in [-0.25, -0.2) is 9.38 Å². The Balaban J connectivity index is 0.00000450. The van der Waals surface area contributed by atoms with Crippen LogP contribution in [0.25, 0.3) is 0 Å². The molecule has 0 bridgehead atoms. The van der Waals surface area contributed by atoms with E-state index in [0.29, 0.717) is 31.4 Å². The molecule has 0 aliphatic rings. The minimum absolute atomic E-state index is 0. The first-order valence-corrected chi connectivity index (χ1v) is 9.43. The quantitative estimate of drug-likeness (QED) is 0.188. The monoisotopic (exact) mass is 530 g/mol. The van der Waals surface area contributed by atoms with E-state index >= 15 is 0 Å². The van der Waals surface area contributed by atoms with Crippen molar-refractivity contribution in [1.29, 1.82) is 0 Å². The maximum Gasteiger partial charge on any atom is 0.246 e. The van der Waals surface area contributed by atoms with E-state index in [9.17, 15) is 9.18 Å². The summed E-state index contributed by atoms with van der Waals surface area (Å²) < 4.78 is 23.9. The smallest absolute Gasteiger partial charge is 0.246 e. The van der Waals surface area contributed by atoms with Crippen molar-refractivity contribution in [3.63, 3.8) is 0 Å². The van der Waals surface area contributed by atoms with Crippen LogP contribution in [0.1, 0.15) is 13.3 Å². The van der Waals surface area contributed by atoms with Gasteiger partial charge in [0.1, 0.15) is 18.1 Å². The van der Waals surface area contributed by atoms with Crippen LogP contribution in [-0.4, -0.2) is 45.3 Å². The van der Waals surface area contributed by atoms with Crippen molar-refractivity contribution < 1.29 is 18.7 Å². The van der Waals surface area contributed by atoms with Gasteiger partial charge >= 0.3 is 0 Å². The van der Waals surface area contributed by atoms with Crippen molar-refractivity contribution in [2.45, 2.75) is 13.3 Å². The highest BCUT2D eigenvalue weighted by atomic mass is 127. The standard InChI is InChI=1S/C21H27FN4O3.HI/c1-3-23-21(24-15-20(27)25-17-8-4-7-16(22)13-17)26-18-9-5-10-19(14-18)29-12-6-11-28-2;/h4-5,7-10,13-14H,3,6,11-12,15H2,1-2H3,(H,25,27)(H2,23,24,26);1H. The van der Waals surface area contributed by atoms with Crippen molar-refractivity contribution in [2.24, 2.45) is 4.99 Å². The highest BCUT2D eigenvalue weighted by molar-refractivity contribution is 14.0. The zero-order valence-electron chi connectivity index (χ0n) is 17.1. The molecule has 0 unspecified atom stereocenters. The minimum atomic E-state index is -0.411. The van der Waals surface area contributed by atoms with Crippen LogP contribution in [0, 0.1) is 5.82 Å². The molecule has 164 valence electrons. The van der Waals surface area contributed by atoms with Crippen molar-refractivity contribution in [2.75, 3.05) is 44.0 Å². The number of nitrogens with zero attached hydrogens (tertiary/aromatic N) is 1. The fourth-order valence-corrected chi connectivity index (χ4v) is 2.42. The molecule has 30 heavy (non-hydrogen) atoms. The van der Waals surface area contributed by atoms with Crippen LogP contribution in [0.3, 0.4) is 0 Å². The largest absolute Gasteiger partial charge is 0.493 e. The lowest BCUT2D eigenvalue weighted by atomic mass is 10.3. The molecule has 0 radical (unpaired) electrons. The van der Waals surface area contributed by atoms with Crippen LogP contribution >= 0.6 is 24.0 Å². The third-order valence-electron chi connectivity index (χ3n) is 3.69. The number of amides is 1. The number of carbonyl (C=O) groups excluding carboxylic acids is 1. The predicted octanol–water partition coefficient (Wildman–Crippen LogP) is 3.88. The second kappa shape index (κ2) is 14.6. The SMILES string of the molecule is CCNC(=NCC(=O)Nc1cccc(F)c1)Nc1cccc(OCCCOC)c1.I. The van der Waals surface area contributed by atoms with Crippen molar-refractivity contribution in [3.05, 3.63) is 54.3 Å². The molecule has 0 heterocycles. The first-order chi connectivity index (χ1) is 14.1. The highest BCUT2D eigenvalue weighted by Crippen LogP contribution is 2.17. The lowest BCUT2D eigenvalue weighted by Crippen LogP contribution is -2.31. The van der Waals surface area contributed by atoms with Crippen LogP contribution in [0.5, 0.6) is 5.75 Å². The average molecular weight is 530 g/mol. The number of ether oxygens (including phenoxy) is 2. The summed E-state index contributed by atoms with van der Waals surface area (Å²) in [5, 5.41) is 8.84. The molecule has 9 heteroatoms. The number of methoxy groups -OCH3 is 1. The number of hydrogen-bond donors (Lipinski definition) is 3.